The molecule has 33 heavy (non-hydrogen) atoms. The lowest BCUT2D eigenvalue weighted by Crippen LogP contribution is -2.46. The van der Waals surface area contributed by atoms with Gasteiger partial charge in [-0.25, -0.2) is 9.18 Å². The number of amides is 5. The van der Waals surface area contributed by atoms with Gasteiger partial charge in [-0.15, -0.1) is 0 Å². The summed E-state index contributed by atoms with van der Waals surface area (Å²) in [5.41, 5.74) is -0.527. The van der Waals surface area contributed by atoms with Crippen molar-refractivity contribution < 1.29 is 28.3 Å². The lowest BCUT2D eigenvalue weighted by molar-refractivity contribution is -0.140. The predicted octanol–water partition coefficient (Wildman–Crippen LogP) is 2.09. The minimum atomic E-state index is -1.42. The average Bonchev–Trinajstić information content (AvgIpc) is 3.01. The van der Waals surface area contributed by atoms with Crippen LogP contribution in [0.1, 0.15) is 19.4 Å². The smallest absolute Gasteiger partial charge is 0.325 e. The predicted molar refractivity (Wildman–Crippen MR) is 118 cm³/mol. The van der Waals surface area contributed by atoms with E-state index >= 15 is 0 Å². The summed E-state index contributed by atoms with van der Waals surface area (Å²) in [6.45, 7) is 2.59. The zero-order valence-electron chi connectivity index (χ0n) is 18.6. The molecule has 1 aliphatic rings. The molecule has 0 aromatic heterocycles. The van der Waals surface area contributed by atoms with Gasteiger partial charge in [-0.1, -0.05) is 18.2 Å². The molecule has 5 amide bonds. The van der Waals surface area contributed by atoms with E-state index in [0.29, 0.717) is 17.0 Å². The Morgan fingerprint density at radius 2 is 1.88 bits per heavy atom. The number of anilines is 1. The molecular weight excluding hydrogens is 431 g/mol. The highest BCUT2D eigenvalue weighted by molar-refractivity contribution is 6.09. The van der Waals surface area contributed by atoms with Gasteiger partial charge in [-0.05, 0) is 43.7 Å². The maximum absolute atomic E-state index is 13.3. The third-order valence-corrected chi connectivity index (χ3v) is 5.41. The van der Waals surface area contributed by atoms with Crippen LogP contribution >= 0.6 is 0 Å². The van der Waals surface area contributed by atoms with Gasteiger partial charge in [-0.2, -0.15) is 0 Å². The van der Waals surface area contributed by atoms with Crippen LogP contribution in [0, 0.1) is 5.82 Å². The van der Waals surface area contributed by atoms with Crippen LogP contribution in [-0.2, 0) is 19.9 Å². The number of methoxy groups -OCH3 is 1. The molecule has 1 unspecified atom stereocenters. The van der Waals surface area contributed by atoms with Crippen LogP contribution in [0.3, 0.4) is 0 Å². The van der Waals surface area contributed by atoms with E-state index < -0.39 is 41.7 Å². The summed E-state index contributed by atoms with van der Waals surface area (Å²) in [7, 11) is 1.51. The Kier molecular flexibility index (Phi) is 6.95. The first-order chi connectivity index (χ1) is 15.7. The number of hydrogen-bond acceptors (Lipinski definition) is 5. The fraction of sp³-hybridized carbons (Fsp3) is 0.304. The monoisotopic (exact) mass is 456 g/mol. The minimum absolute atomic E-state index is 0.198. The van der Waals surface area contributed by atoms with Gasteiger partial charge < -0.3 is 20.3 Å². The van der Waals surface area contributed by atoms with E-state index in [1.54, 1.807) is 31.2 Å². The summed E-state index contributed by atoms with van der Waals surface area (Å²) in [6, 6.07) is 11.2. The van der Waals surface area contributed by atoms with Gasteiger partial charge in [0.2, 0.25) is 11.8 Å². The number of nitrogens with zero attached hydrogens (tertiary/aromatic N) is 2. The largest absolute Gasteiger partial charge is 0.497 e. The lowest BCUT2D eigenvalue weighted by atomic mass is 9.92. The molecule has 9 nitrogen and oxygen atoms in total. The number of carbonyl (C=O) groups is 4. The van der Waals surface area contributed by atoms with Crippen molar-refractivity contribution in [1.29, 1.82) is 0 Å². The molecule has 0 aliphatic carbocycles. The quantitative estimate of drug-likeness (QED) is 0.592. The SMILES string of the molecule is CCN(CC(=O)Nc1cccc(OC)c1)C(=O)CN1C(=O)NC(C)(c2ccc(F)cc2)C1=O. The molecule has 2 aromatic carbocycles. The summed E-state index contributed by atoms with van der Waals surface area (Å²) >= 11 is 0. The van der Waals surface area contributed by atoms with Crippen LogP contribution in [0.4, 0.5) is 14.9 Å². The van der Waals surface area contributed by atoms with Crippen LogP contribution in [0.25, 0.3) is 0 Å². The van der Waals surface area contributed by atoms with E-state index in [2.05, 4.69) is 10.6 Å². The summed E-state index contributed by atoms with van der Waals surface area (Å²) in [5.74, 6) is -1.54. The van der Waals surface area contributed by atoms with Crippen LogP contribution < -0.4 is 15.4 Å². The number of rotatable bonds is 8. The molecule has 1 atom stereocenters. The van der Waals surface area contributed by atoms with Crippen LogP contribution in [0.5, 0.6) is 5.75 Å². The van der Waals surface area contributed by atoms with E-state index in [0.717, 1.165) is 4.90 Å². The Labute approximate surface area is 190 Å². The molecule has 1 aliphatic heterocycles. The molecule has 0 saturated carbocycles. The molecule has 1 fully saturated rings. The number of halogens is 1. The van der Waals surface area contributed by atoms with Gasteiger partial charge in [0.1, 0.15) is 23.7 Å². The number of ether oxygens (including phenoxy) is 1. The lowest BCUT2D eigenvalue weighted by Gasteiger charge is -2.24. The maximum atomic E-state index is 13.3. The summed E-state index contributed by atoms with van der Waals surface area (Å²) in [4.78, 5) is 52.7. The number of likely N-dealkylation sites (N-methyl/N-ethyl adjacent to an activating group) is 1. The van der Waals surface area contributed by atoms with Crippen molar-refractivity contribution in [2.75, 3.05) is 32.1 Å². The first kappa shape index (κ1) is 23.7. The van der Waals surface area contributed by atoms with Crippen molar-refractivity contribution in [2.45, 2.75) is 19.4 Å². The fourth-order valence-electron chi connectivity index (χ4n) is 3.51. The molecule has 3 rings (SSSR count). The molecule has 2 N–H and O–H groups in total. The zero-order valence-corrected chi connectivity index (χ0v) is 18.6. The summed E-state index contributed by atoms with van der Waals surface area (Å²) in [6.07, 6.45) is 0. The van der Waals surface area contributed by atoms with Crippen LogP contribution in [-0.4, -0.2) is 60.3 Å². The third-order valence-electron chi connectivity index (χ3n) is 5.41. The molecule has 1 saturated heterocycles. The van der Waals surface area contributed by atoms with Crippen molar-refractivity contribution in [2.24, 2.45) is 0 Å². The highest BCUT2D eigenvalue weighted by Gasteiger charge is 2.49. The first-order valence-corrected chi connectivity index (χ1v) is 10.3. The average molecular weight is 456 g/mol. The number of imide groups is 1. The van der Waals surface area contributed by atoms with E-state index in [1.165, 1.54) is 43.2 Å². The Morgan fingerprint density at radius 3 is 2.52 bits per heavy atom. The Bertz CT molecular complexity index is 1070. The molecule has 1 heterocycles. The molecule has 2 aromatic rings. The Balaban J connectivity index is 1.65. The van der Waals surface area contributed by atoms with Crippen molar-refractivity contribution in [3.8, 4) is 5.75 Å². The standard InChI is InChI=1S/C23H25FN4O5/c1-4-27(13-19(29)25-17-6-5-7-18(12-17)33-3)20(30)14-28-21(31)23(2,26-22(28)32)15-8-10-16(24)11-9-15/h5-12H,4,13-14H2,1-3H3,(H,25,29)(H,26,32). The van der Waals surface area contributed by atoms with E-state index in [4.69, 9.17) is 4.74 Å². The second-order valence-corrected chi connectivity index (χ2v) is 7.64. The van der Waals surface area contributed by atoms with Crippen molar-refractivity contribution in [1.82, 2.24) is 15.1 Å². The molecule has 174 valence electrons. The Hall–Kier alpha value is -3.95. The third kappa shape index (κ3) is 5.11. The van der Waals surface area contributed by atoms with Crippen LogP contribution in [0.2, 0.25) is 0 Å². The highest BCUT2D eigenvalue weighted by Crippen LogP contribution is 2.29. The number of benzene rings is 2. The summed E-state index contributed by atoms with van der Waals surface area (Å²) < 4.78 is 18.4. The zero-order chi connectivity index (χ0) is 24.2. The second kappa shape index (κ2) is 9.68. The minimum Gasteiger partial charge on any atom is -0.497 e. The topological polar surface area (TPSA) is 108 Å². The molecule has 0 spiro atoms. The van der Waals surface area contributed by atoms with Gasteiger partial charge in [-0.3, -0.25) is 19.3 Å². The Morgan fingerprint density at radius 1 is 1.18 bits per heavy atom. The van der Waals surface area contributed by atoms with Crippen molar-refractivity contribution in [3.63, 3.8) is 0 Å². The fourth-order valence-corrected chi connectivity index (χ4v) is 3.51. The molecule has 10 heteroatoms. The number of hydrogen-bond donors (Lipinski definition) is 2. The maximum Gasteiger partial charge on any atom is 0.325 e. The van der Waals surface area contributed by atoms with Crippen molar-refractivity contribution in [3.05, 3.63) is 59.9 Å². The number of urea groups is 1. The molecular formula is C23H25FN4O5. The number of nitrogens with one attached hydrogen (secondary N) is 2. The van der Waals surface area contributed by atoms with E-state index in [1.807, 2.05) is 0 Å². The highest BCUT2D eigenvalue weighted by atomic mass is 19.1. The van der Waals surface area contributed by atoms with E-state index in [-0.39, 0.29) is 13.1 Å². The van der Waals surface area contributed by atoms with Gasteiger partial charge in [0, 0.05) is 18.3 Å². The molecule has 0 radical (unpaired) electrons. The van der Waals surface area contributed by atoms with Crippen molar-refractivity contribution >= 4 is 29.4 Å². The van der Waals surface area contributed by atoms with Gasteiger partial charge in [0.05, 0.1) is 13.7 Å². The first-order valence-electron chi connectivity index (χ1n) is 10.3. The normalized spacial score (nSPS) is 17.5. The van der Waals surface area contributed by atoms with E-state index in [9.17, 15) is 23.6 Å². The molecule has 0 bridgehead atoms. The number of carbonyl (C=O) groups excluding carboxylic acids is 4. The second-order valence-electron chi connectivity index (χ2n) is 7.64. The van der Waals surface area contributed by atoms with Gasteiger partial charge in [0.15, 0.2) is 0 Å². The summed E-state index contributed by atoms with van der Waals surface area (Å²) in [5, 5.41) is 5.25. The van der Waals surface area contributed by atoms with Gasteiger partial charge in [0.25, 0.3) is 5.91 Å². The van der Waals surface area contributed by atoms with Crippen LogP contribution in [0.15, 0.2) is 48.5 Å². The van der Waals surface area contributed by atoms with Gasteiger partial charge >= 0.3 is 6.03 Å².